The van der Waals surface area contributed by atoms with E-state index in [0.29, 0.717) is 0 Å². The molecule has 88 valence electrons. The Hall–Kier alpha value is -0.570. The van der Waals surface area contributed by atoms with Crippen LogP contribution in [0.25, 0.3) is 0 Å². The van der Waals surface area contributed by atoms with Crippen molar-refractivity contribution >= 4 is 5.97 Å². The van der Waals surface area contributed by atoms with Crippen LogP contribution in [0, 0.1) is 11.8 Å². The SMILES string of the molecule is CCCN(CC1CC1)CC(C)C(=O)OC. The van der Waals surface area contributed by atoms with Gasteiger partial charge in [0.05, 0.1) is 13.0 Å². The van der Waals surface area contributed by atoms with Gasteiger partial charge in [-0.15, -0.1) is 0 Å². The third-order valence-electron chi connectivity index (χ3n) is 2.89. The Balaban J connectivity index is 2.30. The van der Waals surface area contributed by atoms with Gasteiger partial charge in [0, 0.05) is 13.1 Å². The summed E-state index contributed by atoms with van der Waals surface area (Å²) in [5.41, 5.74) is 0. The smallest absolute Gasteiger partial charge is 0.309 e. The van der Waals surface area contributed by atoms with E-state index in [9.17, 15) is 4.79 Å². The summed E-state index contributed by atoms with van der Waals surface area (Å²) in [6.07, 6.45) is 3.89. The van der Waals surface area contributed by atoms with Gasteiger partial charge in [0.15, 0.2) is 0 Å². The molecule has 1 saturated carbocycles. The van der Waals surface area contributed by atoms with E-state index >= 15 is 0 Å². The largest absolute Gasteiger partial charge is 0.469 e. The van der Waals surface area contributed by atoms with Gasteiger partial charge >= 0.3 is 5.97 Å². The van der Waals surface area contributed by atoms with Gasteiger partial charge in [-0.25, -0.2) is 0 Å². The molecule has 0 spiro atoms. The standard InChI is InChI=1S/C12H23NO2/c1-4-7-13(9-11-5-6-11)8-10(2)12(14)15-3/h10-11H,4-9H2,1-3H3. The Kier molecular flexibility index (Phi) is 5.09. The van der Waals surface area contributed by atoms with Crippen molar-refractivity contribution in [3.05, 3.63) is 0 Å². The van der Waals surface area contributed by atoms with Crippen LogP contribution in [-0.2, 0) is 9.53 Å². The molecular formula is C12H23NO2. The van der Waals surface area contributed by atoms with Gasteiger partial charge < -0.3 is 9.64 Å². The van der Waals surface area contributed by atoms with Gasteiger partial charge in [-0.1, -0.05) is 13.8 Å². The number of ether oxygens (including phenoxy) is 1. The molecule has 0 bridgehead atoms. The summed E-state index contributed by atoms with van der Waals surface area (Å²) < 4.78 is 4.75. The molecule has 0 N–H and O–H groups in total. The minimum Gasteiger partial charge on any atom is -0.469 e. The van der Waals surface area contributed by atoms with Crippen LogP contribution in [0.5, 0.6) is 0 Å². The molecule has 15 heavy (non-hydrogen) atoms. The van der Waals surface area contributed by atoms with Gasteiger partial charge in [-0.2, -0.15) is 0 Å². The van der Waals surface area contributed by atoms with Gasteiger partial charge in [0.25, 0.3) is 0 Å². The summed E-state index contributed by atoms with van der Waals surface area (Å²) in [7, 11) is 1.46. The second-order valence-corrected chi connectivity index (χ2v) is 4.63. The van der Waals surface area contributed by atoms with Crippen LogP contribution in [0.3, 0.4) is 0 Å². The Labute approximate surface area is 92.8 Å². The number of hydrogen-bond acceptors (Lipinski definition) is 3. The van der Waals surface area contributed by atoms with Gasteiger partial charge in [0.2, 0.25) is 0 Å². The summed E-state index contributed by atoms with van der Waals surface area (Å²) in [5, 5.41) is 0. The number of esters is 1. The highest BCUT2D eigenvalue weighted by Gasteiger charge is 2.25. The minimum atomic E-state index is -0.0908. The number of methoxy groups -OCH3 is 1. The first-order valence-corrected chi connectivity index (χ1v) is 5.97. The maximum absolute atomic E-state index is 11.3. The predicted octanol–water partition coefficient (Wildman–Crippen LogP) is 1.92. The lowest BCUT2D eigenvalue weighted by atomic mass is 10.1. The van der Waals surface area contributed by atoms with Crippen molar-refractivity contribution in [2.24, 2.45) is 11.8 Å². The lowest BCUT2D eigenvalue weighted by Gasteiger charge is -2.24. The molecule has 0 aliphatic heterocycles. The van der Waals surface area contributed by atoms with Crippen molar-refractivity contribution in [3.63, 3.8) is 0 Å². The average molecular weight is 213 g/mol. The molecule has 1 aliphatic rings. The molecular weight excluding hydrogens is 190 g/mol. The lowest BCUT2D eigenvalue weighted by Crippen LogP contribution is -2.34. The maximum Gasteiger partial charge on any atom is 0.309 e. The highest BCUT2D eigenvalue weighted by Crippen LogP contribution is 2.29. The van der Waals surface area contributed by atoms with Gasteiger partial charge in [-0.3, -0.25) is 4.79 Å². The third kappa shape index (κ3) is 4.65. The quantitative estimate of drug-likeness (QED) is 0.605. The fraction of sp³-hybridized carbons (Fsp3) is 0.917. The van der Waals surface area contributed by atoms with Crippen LogP contribution < -0.4 is 0 Å². The van der Waals surface area contributed by atoms with Crippen LogP contribution in [0.2, 0.25) is 0 Å². The Morgan fingerprint density at radius 2 is 2.20 bits per heavy atom. The fourth-order valence-electron chi connectivity index (χ4n) is 1.90. The zero-order valence-corrected chi connectivity index (χ0v) is 10.2. The topological polar surface area (TPSA) is 29.5 Å². The lowest BCUT2D eigenvalue weighted by molar-refractivity contribution is -0.145. The van der Waals surface area contributed by atoms with Crippen molar-refractivity contribution in [3.8, 4) is 0 Å². The molecule has 0 heterocycles. The molecule has 1 aliphatic carbocycles. The number of carbonyl (C=O) groups is 1. The molecule has 0 radical (unpaired) electrons. The fourth-order valence-corrected chi connectivity index (χ4v) is 1.90. The Bertz CT molecular complexity index is 202. The van der Waals surface area contributed by atoms with Gasteiger partial charge in [-0.05, 0) is 31.7 Å². The number of nitrogens with zero attached hydrogens (tertiary/aromatic N) is 1. The highest BCUT2D eigenvalue weighted by molar-refractivity contribution is 5.72. The summed E-state index contributed by atoms with van der Waals surface area (Å²) in [4.78, 5) is 13.7. The maximum atomic E-state index is 11.3. The van der Waals surface area contributed by atoms with E-state index in [1.807, 2.05) is 6.92 Å². The predicted molar refractivity (Wildman–Crippen MR) is 60.6 cm³/mol. The average Bonchev–Trinajstić information content (AvgIpc) is 3.00. The number of rotatable bonds is 7. The molecule has 3 heteroatoms. The first kappa shape index (κ1) is 12.5. The van der Waals surface area contributed by atoms with Crippen molar-refractivity contribution in [2.75, 3.05) is 26.7 Å². The third-order valence-corrected chi connectivity index (χ3v) is 2.89. The molecule has 1 rings (SSSR count). The van der Waals surface area contributed by atoms with Crippen LogP contribution in [0.1, 0.15) is 33.1 Å². The van der Waals surface area contributed by atoms with Crippen molar-refractivity contribution in [1.82, 2.24) is 4.90 Å². The van der Waals surface area contributed by atoms with Crippen molar-refractivity contribution < 1.29 is 9.53 Å². The van der Waals surface area contributed by atoms with E-state index in [1.54, 1.807) is 0 Å². The van der Waals surface area contributed by atoms with Crippen molar-refractivity contribution in [1.29, 1.82) is 0 Å². The van der Waals surface area contributed by atoms with Crippen LogP contribution in [0.4, 0.5) is 0 Å². The van der Waals surface area contributed by atoms with E-state index in [4.69, 9.17) is 4.74 Å². The molecule has 1 unspecified atom stereocenters. The number of hydrogen-bond donors (Lipinski definition) is 0. The highest BCUT2D eigenvalue weighted by atomic mass is 16.5. The summed E-state index contributed by atoms with van der Waals surface area (Å²) >= 11 is 0. The normalized spacial score (nSPS) is 17.9. The summed E-state index contributed by atoms with van der Waals surface area (Å²) in [5.74, 6) is 0.800. The van der Waals surface area contributed by atoms with Crippen LogP contribution in [0.15, 0.2) is 0 Å². The molecule has 3 nitrogen and oxygen atoms in total. The second-order valence-electron chi connectivity index (χ2n) is 4.63. The van der Waals surface area contributed by atoms with Crippen LogP contribution in [-0.4, -0.2) is 37.6 Å². The minimum absolute atomic E-state index is 0.000278. The summed E-state index contributed by atoms with van der Waals surface area (Å²) in [6, 6.07) is 0. The second kappa shape index (κ2) is 6.11. The molecule has 1 atom stereocenters. The molecule has 0 aromatic heterocycles. The molecule has 0 aromatic rings. The van der Waals surface area contributed by atoms with E-state index in [-0.39, 0.29) is 11.9 Å². The zero-order chi connectivity index (χ0) is 11.3. The Morgan fingerprint density at radius 3 is 2.67 bits per heavy atom. The first-order chi connectivity index (χ1) is 7.17. The van der Waals surface area contributed by atoms with E-state index in [2.05, 4.69) is 11.8 Å². The van der Waals surface area contributed by atoms with E-state index in [1.165, 1.54) is 20.0 Å². The molecule has 0 amide bonds. The number of carbonyl (C=O) groups excluding carboxylic acids is 1. The molecule has 0 saturated heterocycles. The van der Waals surface area contributed by atoms with Crippen LogP contribution >= 0.6 is 0 Å². The zero-order valence-electron chi connectivity index (χ0n) is 10.2. The van der Waals surface area contributed by atoms with E-state index < -0.39 is 0 Å². The summed E-state index contributed by atoms with van der Waals surface area (Å²) in [6.45, 7) is 7.23. The van der Waals surface area contributed by atoms with Crippen molar-refractivity contribution in [2.45, 2.75) is 33.1 Å². The Morgan fingerprint density at radius 1 is 1.53 bits per heavy atom. The van der Waals surface area contributed by atoms with E-state index in [0.717, 1.165) is 32.0 Å². The first-order valence-electron chi connectivity index (χ1n) is 5.97. The van der Waals surface area contributed by atoms with Gasteiger partial charge in [0.1, 0.15) is 0 Å². The molecule has 0 aromatic carbocycles. The monoisotopic (exact) mass is 213 g/mol. The molecule has 1 fully saturated rings.